The number of aromatic nitrogens is 3. The Morgan fingerprint density at radius 1 is 1.26 bits per heavy atom. The van der Waals surface area contributed by atoms with Crippen LogP contribution in [-0.2, 0) is 17.8 Å². The summed E-state index contributed by atoms with van der Waals surface area (Å²) < 4.78 is 16.5. The molecule has 0 aliphatic heterocycles. The first-order valence-electron chi connectivity index (χ1n) is 10.0. The Balaban J connectivity index is 1.60. The number of hydrogen-bond donors (Lipinski definition) is 1. The van der Waals surface area contributed by atoms with Crippen molar-refractivity contribution >= 4 is 28.5 Å². The van der Waals surface area contributed by atoms with E-state index in [0.717, 1.165) is 46.9 Å². The van der Waals surface area contributed by atoms with Gasteiger partial charge < -0.3 is 14.0 Å². The van der Waals surface area contributed by atoms with Crippen LogP contribution < -0.4 is 14.8 Å². The summed E-state index contributed by atoms with van der Waals surface area (Å²) in [6.07, 6.45) is 6.19. The van der Waals surface area contributed by atoms with E-state index in [-0.39, 0.29) is 5.91 Å². The number of carbonyl (C=O) groups excluding carboxylic acids is 1. The Labute approximate surface area is 185 Å². The fraction of sp³-hybridized carbons (Fsp3) is 0.364. The second-order valence-corrected chi connectivity index (χ2v) is 7.99. The number of rotatable bonds is 10. The van der Waals surface area contributed by atoms with Gasteiger partial charge in [-0.05, 0) is 44.0 Å². The number of unbranched alkanes of at least 4 members (excludes halogenated alkanes) is 1. The van der Waals surface area contributed by atoms with Gasteiger partial charge in [-0.3, -0.25) is 10.1 Å². The lowest BCUT2D eigenvalue weighted by Crippen LogP contribution is -2.07. The smallest absolute Gasteiger partial charge is 0.250 e. The van der Waals surface area contributed by atoms with Gasteiger partial charge in [0.25, 0.3) is 0 Å². The van der Waals surface area contributed by atoms with E-state index in [1.54, 1.807) is 25.3 Å². The van der Waals surface area contributed by atoms with Crippen LogP contribution in [0.25, 0.3) is 6.08 Å². The third kappa shape index (κ3) is 6.14. The van der Waals surface area contributed by atoms with Crippen LogP contribution in [0.5, 0.6) is 11.5 Å². The molecule has 8 nitrogen and oxygen atoms in total. The molecular weight excluding hydrogens is 416 g/mol. The summed E-state index contributed by atoms with van der Waals surface area (Å²) in [5.74, 6) is 1.63. The number of ether oxygens (including phenoxy) is 2. The molecule has 0 aliphatic carbocycles. The number of nitrogens with zero attached hydrogens (tertiary/aromatic N) is 3. The molecule has 0 aliphatic rings. The maximum absolute atomic E-state index is 12.2. The van der Waals surface area contributed by atoms with Gasteiger partial charge in [-0.15, -0.1) is 10.2 Å². The highest BCUT2D eigenvalue weighted by molar-refractivity contribution is 7.15. The molecule has 0 atom stereocenters. The summed E-state index contributed by atoms with van der Waals surface area (Å²) in [6.45, 7) is 6.18. The van der Waals surface area contributed by atoms with Crippen LogP contribution in [0, 0.1) is 13.8 Å². The number of nitrogens with one attached hydrogen (secondary N) is 1. The van der Waals surface area contributed by atoms with E-state index in [1.807, 2.05) is 19.9 Å². The number of hydrogen-bond acceptors (Lipinski definition) is 8. The van der Waals surface area contributed by atoms with Gasteiger partial charge in [-0.2, -0.15) is 0 Å². The molecule has 0 saturated carbocycles. The third-order valence-corrected chi connectivity index (χ3v) is 5.51. The van der Waals surface area contributed by atoms with Crippen LogP contribution in [0.3, 0.4) is 0 Å². The zero-order valence-electron chi connectivity index (χ0n) is 18.1. The molecule has 0 saturated heterocycles. The quantitative estimate of drug-likeness (QED) is 0.453. The normalized spacial score (nSPS) is 11.1. The van der Waals surface area contributed by atoms with Crippen LogP contribution in [0.4, 0.5) is 5.13 Å². The number of amides is 1. The first-order valence-corrected chi connectivity index (χ1v) is 10.9. The largest absolute Gasteiger partial charge is 0.493 e. The summed E-state index contributed by atoms with van der Waals surface area (Å²) in [5, 5.41) is 16.2. The monoisotopic (exact) mass is 442 g/mol. The summed E-state index contributed by atoms with van der Waals surface area (Å²) in [4.78, 5) is 12.2. The Hall–Kier alpha value is -3.20. The minimum absolute atomic E-state index is 0.268. The van der Waals surface area contributed by atoms with E-state index in [2.05, 4.69) is 27.6 Å². The topological polar surface area (TPSA) is 99.4 Å². The summed E-state index contributed by atoms with van der Waals surface area (Å²) >= 11 is 1.40. The maximum Gasteiger partial charge on any atom is 0.250 e. The number of carbonyl (C=O) groups is 1. The molecule has 1 aromatic carbocycles. The average Bonchev–Trinajstić information content (AvgIpc) is 3.35. The van der Waals surface area contributed by atoms with E-state index in [9.17, 15) is 4.79 Å². The van der Waals surface area contributed by atoms with Crippen molar-refractivity contribution < 1.29 is 18.8 Å². The molecule has 0 unspecified atom stereocenters. The Kier molecular flexibility index (Phi) is 7.77. The molecule has 9 heteroatoms. The van der Waals surface area contributed by atoms with Crippen molar-refractivity contribution in [3.8, 4) is 11.5 Å². The lowest BCUT2D eigenvalue weighted by Gasteiger charge is -2.11. The van der Waals surface area contributed by atoms with Gasteiger partial charge in [0, 0.05) is 12.5 Å². The van der Waals surface area contributed by atoms with E-state index in [1.165, 1.54) is 17.4 Å². The Morgan fingerprint density at radius 2 is 2.10 bits per heavy atom. The molecule has 0 radical (unpaired) electrons. The van der Waals surface area contributed by atoms with Crippen LogP contribution in [0.15, 0.2) is 28.8 Å². The van der Waals surface area contributed by atoms with Gasteiger partial charge in [-0.1, -0.05) is 35.9 Å². The lowest BCUT2D eigenvalue weighted by atomic mass is 10.2. The molecule has 2 aromatic heterocycles. The standard InChI is InChI=1S/C22H26N4O4S/c1-5-6-7-21-24-25-22(31-21)23-20(27)11-9-16-8-10-18(19(12-16)28-4)29-13-17-14(2)26-30-15(17)3/h8-12H,5-7,13H2,1-4H3,(H,23,25,27)/b11-9+. The molecule has 1 amide bonds. The van der Waals surface area contributed by atoms with Crippen molar-refractivity contribution in [1.82, 2.24) is 15.4 Å². The second-order valence-electron chi connectivity index (χ2n) is 6.93. The SMILES string of the molecule is CCCCc1nnc(NC(=O)/C=C/c2ccc(OCc3c(C)noc3C)c(OC)c2)s1. The van der Waals surface area contributed by atoms with Gasteiger partial charge in [0.2, 0.25) is 11.0 Å². The fourth-order valence-electron chi connectivity index (χ4n) is 2.82. The van der Waals surface area contributed by atoms with Crippen molar-refractivity contribution in [2.24, 2.45) is 0 Å². The minimum Gasteiger partial charge on any atom is -0.493 e. The highest BCUT2D eigenvalue weighted by Crippen LogP contribution is 2.30. The Morgan fingerprint density at radius 3 is 2.81 bits per heavy atom. The van der Waals surface area contributed by atoms with Crippen molar-refractivity contribution in [3.05, 3.63) is 51.9 Å². The molecule has 31 heavy (non-hydrogen) atoms. The highest BCUT2D eigenvalue weighted by Gasteiger charge is 2.12. The third-order valence-electron chi connectivity index (χ3n) is 4.61. The number of methoxy groups -OCH3 is 1. The van der Waals surface area contributed by atoms with Crippen molar-refractivity contribution in [2.45, 2.75) is 46.6 Å². The summed E-state index contributed by atoms with van der Waals surface area (Å²) in [7, 11) is 1.57. The van der Waals surface area contributed by atoms with Gasteiger partial charge >= 0.3 is 0 Å². The van der Waals surface area contributed by atoms with Crippen LogP contribution in [0.1, 0.15) is 47.4 Å². The van der Waals surface area contributed by atoms with Gasteiger partial charge in [-0.25, -0.2) is 0 Å². The molecule has 0 fully saturated rings. The molecule has 2 heterocycles. The predicted octanol–water partition coefficient (Wildman–Crippen LogP) is 4.73. The molecule has 1 N–H and O–H groups in total. The minimum atomic E-state index is -0.268. The van der Waals surface area contributed by atoms with Crippen molar-refractivity contribution in [2.75, 3.05) is 12.4 Å². The van der Waals surface area contributed by atoms with Gasteiger partial charge in [0.1, 0.15) is 17.4 Å². The van der Waals surface area contributed by atoms with Crippen LogP contribution >= 0.6 is 11.3 Å². The van der Waals surface area contributed by atoms with Crippen LogP contribution in [-0.4, -0.2) is 28.4 Å². The molecule has 3 aromatic rings. The maximum atomic E-state index is 12.2. The van der Waals surface area contributed by atoms with Crippen LogP contribution in [0.2, 0.25) is 0 Å². The van der Waals surface area contributed by atoms with E-state index < -0.39 is 0 Å². The van der Waals surface area contributed by atoms with E-state index in [0.29, 0.717) is 23.2 Å². The molecule has 3 rings (SSSR count). The first-order chi connectivity index (χ1) is 15.0. The number of benzene rings is 1. The lowest BCUT2D eigenvalue weighted by molar-refractivity contribution is -0.111. The molecule has 164 valence electrons. The molecule has 0 bridgehead atoms. The zero-order chi connectivity index (χ0) is 22.2. The van der Waals surface area contributed by atoms with Crippen molar-refractivity contribution in [1.29, 1.82) is 0 Å². The van der Waals surface area contributed by atoms with Gasteiger partial charge in [0.05, 0.1) is 18.4 Å². The summed E-state index contributed by atoms with van der Waals surface area (Å²) in [5.41, 5.74) is 2.52. The summed E-state index contributed by atoms with van der Waals surface area (Å²) in [6, 6.07) is 5.46. The first kappa shape index (κ1) is 22.5. The average molecular weight is 443 g/mol. The number of aryl methyl sites for hydroxylation is 3. The van der Waals surface area contributed by atoms with Gasteiger partial charge in [0.15, 0.2) is 11.5 Å². The molecular formula is C22H26N4O4S. The van der Waals surface area contributed by atoms with E-state index >= 15 is 0 Å². The fourth-order valence-corrected chi connectivity index (χ4v) is 3.60. The van der Waals surface area contributed by atoms with Crippen molar-refractivity contribution in [3.63, 3.8) is 0 Å². The molecule has 0 spiro atoms. The van der Waals surface area contributed by atoms with E-state index in [4.69, 9.17) is 14.0 Å². The Bertz CT molecular complexity index is 1040. The predicted molar refractivity (Wildman–Crippen MR) is 119 cm³/mol. The number of anilines is 1. The highest BCUT2D eigenvalue weighted by atomic mass is 32.1. The zero-order valence-corrected chi connectivity index (χ0v) is 18.9. The second kappa shape index (κ2) is 10.7.